The van der Waals surface area contributed by atoms with Crippen LogP contribution in [0.4, 0.5) is 5.82 Å². The van der Waals surface area contributed by atoms with Crippen molar-refractivity contribution >= 4 is 17.2 Å². The number of aromatic nitrogens is 2. The van der Waals surface area contributed by atoms with Crippen molar-refractivity contribution in [3.8, 4) is 12.8 Å². The van der Waals surface area contributed by atoms with Crippen LogP contribution in [0.3, 0.4) is 0 Å². The number of nitrogens with zero attached hydrogens (tertiary/aromatic N) is 3. The predicted molar refractivity (Wildman–Crippen MR) is 130 cm³/mol. The van der Waals surface area contributed by atoms with Crippen molar-refractivity contribution in [3.63, 3.8) is 0 Å². The van der Waals surface area contributed by atoms with Crippen LogP contribution < -0.4 is 10.6 Å². The van der Waals surface area contributed by atoms with Crippen molar-refractivity contribution in [3.05, 3.63) is 24.2 Å². The Morgan fingerprint density at radius 2 is 1.97 bits per heavy atom. The summed E-state index contributed by atoms with van der Waals surface area (Å²) < 4.78 is 5.57. The number of ether oxygens (including phenoxy) is 1. The third-order valence-electron chi connectivity index (χ3n) is 5.77. The molecule has 2 fully saturated rings. The van der Waals surface area contributed by atoms with E-state index in [0.717, 1.165) is 62.1 Å². The molecule has 1 aromatic rings. The minimum atomic E-state index is 0.542. The van der Waals surface area contributed by atoms with E-state index in [-0.39, 0.29) is 0 Å². The van der Waals surface area contributed by atoms with Gasteiger partial charge in [-0.15, -0.1) is 12.8 Å². The van der Waals surface area contributed by atoms with Gasteiger partial charge in [-0.1, -0.05) is 26.2 Å². The fourth-order valence-electron chi connectivity index (χ4n) is 4.10. The molecule has 1 aliphatic heterocycles. The molecule has 1 aliphatic carbocycles. The second kappa shape index (κ2) is 14.6. The maximum absolute atomic E-state index is 5.57. The highest BCUT2D eigenvalue weighted by Gasteiger charge is 2.16. The first kappa shape index (κ1) is 24.9. The Bertz CT molecular complexity index is 716. The van der Waals surface area contributed by atoms with Crippen molar-refractivity contribution in [2.24, 2.45) is 10.9 Å². The van der Waals surface area contributed by atoms with E-state index in [1.807, 2.05) is 12.4 Å². The van der Waals surface area contributed by atoms with E-state index >= 15 is 0 Å². The van der Waals surface area contributed by atoms with Gasteiger partial charge in [-0.3, -0.25) is 9.98 Å². The number of amidine groups is 1. The molecule has 1 aromatic heterocycles. The van der Waals surface area contributed by atoms with Crippen LogP contribution >= 0.6 is 0 Å². The topological polar surface area (TPSA) is 71.4 Å². The van der Waals surface area contributed by atoms with Crippen LogP contribution in [0, 0.1) is 18.8 Å². The lowest BCUT2D eigenvalue weighted by molar-refractivity contribution is 0.0595. The fourth-order valence-corrected chi connectivity index (χ4v) is 4.10. The zero-order valence-corrected chi connectivity index (χ0v) is 19.3. The number of aliphatic imine (C=N–C) groups is 1. The van der Waals surface area contributed by atoms with Gasteiger partial charge in [0.15, 0.2) is 0 Å². The zero-order valence-electron chi connectivity index (χ0n) is 19.3. The first-order valence-electron chi connectivity index (χ1n) is 11.8. The van der Waals surface area contributed by atoms with Gasteiger partial charge in [0.25, 0.3) is 0 Å². The van der Waals surface area contributed by atoms with Crippen LogP contribution in [0.5, 0.6) is 0 Å². The van der Waals surface area contributed by atoms with Gasteiger partial charge in [-0.2, -0.15) is 0 Å². The normalized spacial score (nSPS) is 20.5. The molecule has 2 aliphatic rings. The second-order valence-electron chi connectivity index (χ2n) is 8.12. The molecule has 3 rings (SSSR count). The second-order valence-corrected chi connectivity index (χ2v) is 8.12. The molecule has 0 amide bonds. The molecular weight excluding hydrogens is 386 g/mol. The Morgan fingerprint density at radius 1 is 1.16 bits per heavy atom. The Kier molecular flexibility index (Phi) is 11.7. The molecule has 2 N–H and O–H groups in total. The van der Waals surface area contributed by atoms with E-state index in [1.54, 1.807) is 0 Å². The minimum Gasteiger partial charge on any atom is -0.381 e. The number of nitrogens with one attached hydrogen (secondary N) is 2. The van der Waals surface area contributed by atoms with Gasteiger partial charge in [-0.25, -0.2) is 4.98 Å². The summed E-state index contributed by atoms with van der Waals surface area (Å²) in [5.41, 5.74) is 2.09. The molecular formula is C25H39N5O. The summed E-state index contributed by atoms with van der Waals surface area (Å²) in [6.07, 6.45) is 23.5. The third-order valence-corrected chi connectivity index (χ3v) is 5.77. The van der Waals surface area contributed by atoms with Gasteiger partial charge >= 0.3 is 0 Å². The van der Waals surface area contributed by atoms with Gasteiger partial charge in [0.1, 0.15) is 11.7 Å². The summed E-state index contributed by atoms with van der Waals surface area (Å²) in [6, 6.07) is 0.542. The van der Waals surface area contributed by atoms with Crippen molar-refractivity contribution in [2.45, 2.75) is 71.3 Å². The number of anilines is 1. The Labute approximate surface area is 188 Å². The van der Waals surface area contributed by atoms with E-state index in [2.05, 4.69) is 48.4 Å². The molecule has 6 nitrogen and oxygen atoms in total. The monoisotopic (exact) mass is 425 g/mol. The highest BCUT2D eigenvalue weighted by Crippen LogP contribution is 2.20. The number of rotatable bonds is 8. The summed E-state index contributed by atoms with van der Waals surface area (Å²) in [4.78, 5) is 14.0. The summed E-state index contributed by atoms with van der Waals surface area (Å²) in [5, 5.41) is 7.12. The van der Waals surface area contributed by atoms with Crippen LogP contribution in [0.2, 0.25) is 0 Å². The molecule has 0 radical (unpaired) electrons. The van der Waals surface area contributed by atoms with Crippen LogP contribution in [-0.2, 0) is 4.74 Å². The molecule has 0 spiro atoms. The number of hydrogen-bond acceptors (Lipinski definition) is 5. The van der Waals surface area contributed by atoms with Crippen molar-refractivity contribution in [1.82, 2.24) is 15.3 Å². The van der Waals surface area contributed by atoms with Crippen LogP contribution in [0.15, 0.2) is 23.5 Å². The molecule has 1 unspecified atom stereocenters. The average molecular weight is 426 g/mol. The highest BCUT2D eigenvalue weighted by atomic mass is 16.5. The molecule has 6 heteroatoms. The Morgan fingerprint density at radius 3 is 2.65 bits per heavy atom. The first-order valence-corrected chi connectivity index (χ1v) is 11.8. The first-order chi connectivity index (χ1) is 15.3. The third kappa shape index (κ3) is 8.70. The number of terminal acetylenes is 1. The molecule has 0 bridgehead atoms. The van der Waals surface area contributed by atoms with E-state index in [9.17, 15) is 0 Å². The maximum atomic E-state index is 5.57. The predicted octanol–water partition coefficient (Wildman–Crippen LogP) is 4.70. The van der Waals surface area contributed by atoms with Gasteiger partial charge in [0.2, 0.25) is 0 Å². The summed E-state index contributed by atoms with van der Waals surface area (Å²) in [6.45, 7) is 7.64. The van der Waals surface area contributed by atoms with Crippen LogP contribution in [0.1, 0.15) is 70.9 Å². The SMILES string of the molecule is C#C.CCN=C(/C=C(\CC)c1cncc(NCC2CCCOC2)n1)NC1CCCCC1. The lowest BCUT2D eigenvalue weighted by atomic mass is 9.95. The zero-order chi connectivity index (χ0) is 22.3. The Balaban J connectivity index is 0.00000166. The minimum absolute atomic E-state index is 0.542. The fraction of sp³-hybridized carbons (Fsp3) is 0.640. The van der Waals surface area contributed by atoms with E-state index < -0.39 is 0 Å². The summed E-state index contributed by atoms with van der Waals surface area (Å²) >= 11 is 0. The molecule has 170 valence electrons. The number of allylic oxidation sites excluding steroid dienone is 1. The maximum Gasteiger partial charge on any atom is 0.145 e. The Hall–Kier alpha value is -2.39. The van der Waals surface area contributed by atoms with Crippen LogP contribution in [0.25, 0.3) is 5.57 Å². The number of hydrogen-bond donors (Lipinski definition) is 2. The molecule has 1 atom stereocenters. The van der Waals surface area contributed by atoms with E-state index in [4.69, 9.17) is 14.7 Å². The molecule has 2 heterocycles. The van der Waals surface area contributed by atoms with E-state index in [1.165, 1.54) is 38.5 Å². The van der Waals surface area contributed by atoms with Gasteiger partial charge < -0.3 is 15.4 Å². The molecule has 0 aromatic carbocycles. The lowest BCUT2D eigenvalue weighted by Gasteiger charge is -2.24. The van der Waals surface area contributed by atoms with Gasteiger partial charge in [0, 0.05) is 25.7 Å². The standard InChI is InChI=1S/C23H37N5O.C2H2/c1-3-19(13-22(25-4-2)27-20-10-6-5-7-11-20)21-15-24-16-23(28-21)26-14-18-9-8-12-29-17-18;1-2/h13,15-16,18,20H,3-12,14,17H2,1-2H3,(H,25,27)(H,26,28);1-2H/b19-13+;. The van der Waals surface area contributed by atoms with E-state index in [0.29, 0.717) is 12.0 Å². The summed E-state index contributed by atoms with van der Waals surface area (Å²) in [5.74, 6) is 2.37. The van der Waals surface area contributed by atoms with Gasteiger partial charge in [-0.05, 0) is 56.6 Å². The highest BCUT2D eigenvalue weighted by molar-refractivity contribution is 5.99. The largest absolute Gasteiger partial charge is 0.381 e. The van der Waals surface area contributed by atoms with Crippen molar-refractivity contribution in [1.29, 1.82) is 0 Å². The van der Waals surface area contributed by atoms with Crippen molar-refractivity contribution < 1.29 is 4.74 Å². The van der Waals surface area contributed by atoms with Gasteiger partial charge in [0.05, 0.1) is 24.7 Å². The average Bonchev–Trinajstić information content (AvgIpc) is 2.84. The smallest absolute Gasteiger partial charge is 0.145 e. The van der Waals surface area contributed by atoms with Crippen LogP contribution in [-0.4, -0.2) is 48.1 Å². The quantitative estimate of drug-likeness (QED) is 0.359. The molecule has 31 heavy (non-hydrogen) atoms. The summed E-state index contributed by atoms with van der Waals surface area (Å²) in [7, 11) is 0. The van der Waals surface area contributed by atoms with Crippen molar-refractivity contribution in [2.75, 3.05) is 31.6 Å². The lowest BCUT2D eigenvalue weighted by Crippen LogP contribution is -2.35. The molecule has 1 saturated carbocycles. The molecule has 1 saturated heterocycles.